The van der Waals surface area contributed by atoms with Gasteiger partial charge in [0.05, 0.1) is 18.4 Å². The molecule has 1 aromatic carbocycles. The van der Waals surface area contributed by atoms with Crippen molar-refractivity contribution in [2.75, 3.05) is 39.0 Å². The molecule has 0 spiro atoms. The lowest BCUT2D eigenvalue weighted by molar-refractivity contribution is 0.0127. The lowest BCUT2D eigenvalue weighted by Gasteiger charge is -2.42. The van der Waals surface area contributed by atoms with Crippen LogP contribution in [0.1, 0.15) is 16.9 Å². The zero-order valence-corrected chi connectivity index (χ0v) is 15.4. The topological polar surface area (TPSA) is 107 Å². The highest BCUT2D eigenvalue weighted by Crippen LogP contribution is 2.43. The number of hydrogen-bond donors (Lipinski definition) is 2. The van der Waals surface area contributed by atoms with E-state index < -0.39 is 15.4 Å². The average molecular weight is 378 g/mol. The predicted molar refractivity (Wildman–Crippen MR) is 96.0 cm³/mol. The van der Waals surface area contributed by atoms with Gasteiger partial charge in [0.15, 0.2) is 5.69 Å². The van der Waals surface area contributed by atoms with Gasteiger partial charge in [-0.2, -0.15) is 5.10 Å². The Morgan fingerprint density at radius 2 is 2.15 bits per heavy atom. The zero-order valence-electron chi connectivity index (χ0n) is 14.6. The van der Waals surface area contributed by atoms with E-state index in [1.807, 2.05) is 24.3 Å². The summed E-state index contributed by atoms with van der Waals surface area (Å²) in [5, 5.41) is 17.9. The third kappa shape index (κ3) is 2.70. The second kappa shape index (κ2) is 6.04. The molecule has 2 aliphatic heterocycles. The van der Waals surface area contributed by atoms with Gasteiger partial charge in [0.25, 0.3) is 5.91 Å². The average Bonchev–Trinajstić information content (AvgIpc) is 3.22. The van der Waals surface area contributed by atoms with Gasteiger partial charge in [-0.1, -0.05) is 18.2 Å². The quantitative estimate of drug-likeness (QED) is 0.798. The van der Waals surface area contributed by atoms with Crippen LogP contribution in [0.5, 0.6) is 0 Å². The summed E-state index contributed by atoms with van der Waals surface area (Å²) < 4.78 is 25.3. The fraction of sp³-hybridized carbons (Fsp3) is 0.529. The first kappa shape index (κ1) is 17.4. The second-order valence-corrected chi connectivity index (χ2v) is 9.39. The Morgan fingerprint density at radius 3 is 2.88 bits per heavy atom. The molecule has 2 fully saturated rings. The van der Waals surface area contributed by atoms with Crippen LogP contribution in [-0.2, 0) is 10.0 Å². The SMILES string of the molecule is CS(=O)(=O)N1C[C@H]2CCN(C(=O)c3n[nH]c4ccccc34)C[C@@]2(CO)C1. The minimum absolute atomic E-state index is 0.0576. The number of nitrogens with zero attached hydrogens (tertiary/aromatic N) is 3. The summed E-state index contributed by atoms with van der Waals surface area (Å²) in [7, 11) is -3.32. The van der Waals surface area contributed by atoms with E-state index in [-0.39, 0.29) is 25.0 Å². The van der Waals surface area contributed by atoms with E-state index in [0.717, 1.165) is 10.9 Å². The molecular weight excluding hydrogens is 356 g/mol. The zero-order chi connectivity index (χ0) is 18.5. The molecule has 2 aliphatic rings. The highest BCUT2D eigenvalue weighted by molar-refractivity contribution is 7.88. The molecule has 1 amide bonds. The number of benzene rings is 1. The lowest BCUT2D eigenvalue weighted by Crippen LogP contribution is -2.52. The minimum Gasteiger partial charge on any atom is -0.396 e. The van der Waals surface area contributed by atoms with Crippen molar-refractivity contribution in [2.45, 2.75) is 6.42 Å². The van der Waals surface area contributed by atoms with Gasteiger partial charge < -0.3 is 10.0 Å². The number of piperidine rings is 1. The summed E-state index contributed by atoms with van der Waals surface area (Å²) in [6.45, 7) is 1.38. The van der Waals surface area contributed by atoms with E-state index in [1.54, 1.807) is 4.90 Å². The fourth-order valence-corrected chi connectivity index (χ4v) is 5.21. The molecule has 0 unspecified atom stereocenters. The van der Waals surface area contributed by atoms with Crippen molar-refractivity contribution in [3.63, 3.8) is 0 Å². The molecule has 1 aromatic heterocycles. The minimum atomic E-state index is -3.32. The van der Waals surface area contributed by atoms with Crippen LogP contribution >= 0.6 is 0 Å². The molecule has 0 saturated carbocycles. The molecular formula is C17H22N4O4S. The van der Waals surface area contributed by atoms with E-state index in [4.69, 9.17) is 0 Å². The number of aromatic amines is 1. The summed E-state index contributed by atoms with van der Waals surface area (Å²) in [4.78, 5) is 14.7. The Hall–Kier alpha value is -1.97. The van der Waals surface area contributed by atoms with Crippen molar-refractivity contribution >= 4 is 26.8 Å². The normalized spacial score (nSPS) is 27.0. The largest absolute Gasteiger partial charge is 0.396 e. The van der Waals surface area contributed by atoms with Crippen LogP contribution in [0.3, 0.4) is 0 Å². The Balaban J connectivity index is 1.61. The van der Waals surface area contributed by atoms with E-state index >= 15 is 0 Å². The van der Waals surface area contributed by atoms with E-state index in [0.29, 0.717) is 31.7 Å². The summed E-state index contributed by atoms with van der Waals surface area (Å²) in [5.74, 6) is -0.131. The smallest absolute Gasteiger partial charge is 0.275 e. The van der Waals surface area contributed by atoms with Gasteiger partial charge in [0, 0.05) is 37.0 Å². The standard InChI is InChI=1S/C17H22N4O4S/c1-26(24,25)21-8-12-6-7-20(9-17(12,10-21)11-22)16(23)15-13-4-2-3-5-14(13)18-19-15/h2-5,12,22H,6-11H2,1H3,(H,18,19)/t12-,17+/m1/s1. The maximum Gasteiger partial charge on any atom is 0.275 e. The van der Waals surface area contributed by atoms with Crippen LogP contribution in [0.15, 0.2) is 24.3 Å². The number of sulfonamides is 1. The highest BCUT2D eigenvalue weighted by Gasteiger charge is 2.52. The Morgan fingerprint density at radius 1 is 1.38 bits per heavy atom. The molecule has 9 heteroatoms. The lowest BCUT2D eigenvalue weighted by atomic mass is 9.74. The summed E-state index contributed by atoms with van der Waals surface area (Å²) in [6.07, 6.45) is 1.86. The van der Waals surface area contributed by atoms with E-state index in [2.05, 4.69) is 10.2 Å². The van der Waals surface area contributed by atoms with Crippen molar-refractivity contribution in [1.82, 2.24) is 19.4 Å². The molecule has 3 heterocycles. The number of amides is 1. The van der Waals surface area contributed by atoms with Crippen LogP contribution in [0.2, 0.25) is 0 Å². The van der Waals surface area contributed by atoms with Crippen molar-refractivity contribution in [1.29, 1.82) is 0 Å². The maximum atomic E-state index is 13.0. The Labute approximate surface area is 151 Å². The highest BCUT2D eigenvalue weighted by atomic mass is 32.2. The van der Waals surface area contributed by atoms with Crippen molar-refractivity contribution in [3.8, 4) is 0 Å². The number of fused-ring (bicyclic) bond motifs is 2. The molecule has 26 heavy (non-hydrogen) atoms. The molecule has 0 aliphatic carbocycles. The van der Waals surface area contributed by atoms with E-state index in [1.165, 1.54) is 10.6 Å². The predicted octanol–water partition coefficient (Wildman–Crippen LogP) is 0.279. The van der Waals surface area contributed by atoms with Crippen LogP contribution in [0.25, 0.3) is 10.9 Å². The van der Waals surface area contributed by atoms with Crippen molar-refractivity contribution in [2.24, 2.45) is 11.3 Å². The van der Waals surface area contributed by atoms with Gasteiger partial charge in [-0.15, -0.1) is 0 Å². The first-order chi connectivity index (χ1) is 12.3. The molecule has 2 N–H and O–H groups in total. The van der Waals surface area contributed by atoms with Crippen LogP contribution in [-0.4, -0.2) is 77.9 Å². The number of likely N-dealkylation sites (tertiary alicyclic amines) is 1. The summed E-state index contributed by atoms with van der Waals surface area (Å²) in [5.41, 5.74) is 0.556. The molecule has 0 radical (unpaired) electrons. The number of aromatic nitrogens is 2. The van der Waals surface area contributed by atoms with Crippen LogP contribution in [0, 0.1) is 11.3 Å². The van der Waals surface area contributed by atoms with Gasteiger partial charge in [0.2, 0.25) is 10.0 Å². The third-order valence-electron chi connectivity index (χ3n) is 5.78. The summed E-state index contributed by atoms with van der Waals surface area (Å²) >= 11 is 0. The van der Waals surface area contributed by atoms with Gasteiger partial charge in [-0.25, -0.2) is 12.7 Å². The fourth-order valence-electron chi connectivity index (χ4n) is 4.26. The summed E-state index contributed by atoms with van der Waals surface area (Å²) in [6, 6.07) is 7.44. The van der Waals surface area contributed by atoms with Crippen LogP contribution < -0.4 is 0 Å². The first-order valence-corrected chi connectivity index (χ1v) is 10.5. The number of carbonyl (C=O) groups is 1. The van der Waals surface area contributed by atoms with E-state index in [9.17, 15) is 18.3 Å². The van der Waals surface area contributed by atoms with Crippen molar-refractivity contribution in [3.05, 3.63) is 30.0 Å². The van der Waals surface area contributed by atoms with Gasteiger partial charge in [0.1, 0.15) is 0 Å². The number of nitrogens with one attached hydrogen (secondary N) is 1. The van der Waals surface area contributed by atoms with Gasteiger partial charge >= 0.3 is 0 Å². The van der Waals surface area contributed by atoms with Crippen molar-refractivity contribution < 1.29 is 18.3 Å². The molecule has 2 aromatic rings. The number of H-pyrrole nitrogens is 1. The van der Waals surface area contributed by atoms with Gasteiger partial charge in [-0.3, -0.25) is 9.89 Å². The van der Waals surface area contributed by atoms with Crippen LogP contribution in [0.4, 0.5) is 0 Å². The molecule has 8 nitrogen and oxygen atoms in total. The molecule has 2 atom stereocenters. The number of carbonyl (C=O) groups excluding carboxylic acids is 1. The van der Waals surface area contributed by atoms with Gasteiger partial charge in [-0.05, 0) is 18.4 Å². The molecule has 2 saturated heterocycles. The molecule has 140 valence electrons. The second-order valence-electron chi connectivity index (χ2n) is 7.41. The maximum absolute atomic E-state index is 13.0. The third-order valence-corrected chi connectivity index (χ3v) is 6.99. The molecule has 0 bridgehead atoms. The molecule has 4 rings (SSSR count). The Bertz CT molecular complexity index is 957. The number of aliphatic hydroxyl groups is 1. The number of aliphatic hydroxyl groups excluding tert-OH is 1. The number of hydrogen-bond acceptors (Lipinski definition) is 5. The Kier molecular flexibility index (Phi) is 4.05. The number of rotatable bonds is 3. The first-order valence-electron chi connectivity index (χ1n) is 8.62. The monoisotopic (exact) mass is 378 g/mol. The number of para-hydroxylation sites is 1.